The Morgan fingerprint density at radius 3 is 2.67 bits per heavy atom. The molecule has 3 rings (SSSR count). The lowest BCUT2D eigenvalue weighted by molar-refractivity contribution is -0.384. The second-order valence-corrected chi connectivity index (χ2v) is 5.82. The molecule has 1 aromatic heterocycles. The number of hydrogen-bond acceptors (Lipinski definition) is 6. The summed E-state index contributed by atoms with van der Waals surface area (Å²) in [6, 6.07) is 3.72. The molecule has 2 aliphatic heterocycles. The maximum absolute atomic E-state index is 10.8. The molecule has 3 heterocycles. The van der Waals surface area contributed by atoms with Crippen molar-refractivity contribution < 1.29 is 4.92 Å². The first-order valence-electron chi connectivity index (χ1n) is 7.55. The van der Waals surface area contributed by atoms with Crippen LogP contribution in [-0.4, -0.2) is 47.0 Å². The second kappa shape index (κ2) is 5.85. The molecule has 1 atom stereocenters. The van der Waals surface area contributed by atoms with Crippen LogP contribution in [0.1, 0.15) is 25.7 Å². The summed E-state index contributed by atoms with van der Waals surface area (Å²) in [5.41, 5.74) is 5.56. The van der Waals surface area contributed by atoms with Crippen LogP contribution in [0.25, 0.3) is 0 Å². The van der Waals surface area contributed by atoms with Crippen LogP contribution in [0.15, 0.2) is 12.1 Å². The normalized spacial score (nSPS) is 23.4. The van der Waals surface area contributed by atoms with Crippen molar-refractivity contribution in [3.05, 3.63) is 22.2 Å². The molecule has 2 aliphatic rings. The summed E-state index contributed by atoms with van der Waals surface area (Å²) in [5.74, 6) is 0.747. The number of pyridine rings is 1. The van der Waals surface area contributed by atoms with Crippen molar-refractivity contribution in [1.29, 1.82) is 0 Å². The van der Waals surface area contributed by atoms with Crippen molar-refractivity contribution >= 4 is 17.3 Å². The lowest BCUT2D eigenvalue weighted by Gasteiger charge is -2.32. The Hall–Kier alpha value is -1.89. The van der Waals surface area contributed by atoms with Crippen LogP contribution >= 0.6 is 0 Å². The van der Waals surface area contributed by atoms with Crippen molar-refractivity contribution in [3.63, 3.8) is 0 Å². The van der Waals surface area contributed by atoms with Gasteiger partial charge < -0.3 is 10.6 Å². The van der Waals surface area contributed by atoms with E-state index >= 15 is 0 Å². The van der Waals surface area contributed by atoms with Gasteiger partial charge in [0.2, 0.25) is 5.82 Å². The minimum Gasteiger partial charge on any atom is -0.378 e. The van der Waals surface area contributed by atoms with Crippen LogP contribution in [0.3, 0.4) is 0 Å². The van der Waals surface area contributed by atoms with Crippen LogP contribution in [-0.2, 0) is 0 Å². The van der Waals surface area contributed by atoms with Gasteiger partial charge in [-0.3, -0.25) is 15.0 Å². The van der Waals surface area contributed by atoms with E-state index in [0.717, 1.165) is 25.3 Å². The summed E-state index contributed by atoms with van der Waals surface area (Å²) in [7, 11) is 0. The number of rotatable bonds is 3. The first-order valence-corrected chi connectivity index (χ1v) is 7.55. The van der Waals surface area contributed by atoms with E-state index in [0.29, 0.717) is 6.04 Å². The molecule has 0 bridgehead atoms. The Bertz CT molecular complexity index is 530. The number of nitrogen functional groups attached to an aromatic ring is 1. The van der Waals surface area contributed by atoms with Crippen LogP contribution in [0.5, 0.6) is 0 Å². The molecule has 0 aromatic carbocycles. The van der Waals surface area contributed by atoms with Crippen molar-refractivity contribution in [1.82, 2.24) is 9.88 Å². The zero-order chi connectivity index (χ0) is 14.8. The Balaban J connectivity index is 1.68. The van der Waals surface area contributed by atoms with E-state index in [2.05, 4.69) is 14.8 Å². The first kappa shape index (κ1) is 14.1. The molecule has 21 heavy (non-hydrogen) atoms. The highest BCUT2D eigenvalue weighted by Crippen LogP contribution is 2.27. The van der Waals surface area contributed by atoms with Crippen molar-refractivity contribution in [2.24, 2.45) is 0 Å². The molecule has 0 aliphatic carbocycles. The number of piperidine rings is 1. The quantitative estimate of drug-likeness (QED) is 0.672. The Morgan fingerprint density at radius 2 is 2.00 bits per heavy atom. The topological polar surface area (TPSA) is 88.5 Å². The minimum atomic E-state index is -0.493. The zero-order valence-corrected chi connectivity index (χ0v) is 12.1. The molecule has 1 unspecified atom stereocenters. The average molecular weight is 291 g/mol. The highest BCUT2D eigenvalue weighted by molar-refractivity contribution is 5.58. The minimum absolute atomic E-state index is 0.000998. The monoisotopic (exact) mass is 291 g/mol. The summed E-state index contributed by atoms with van der Waals surface area (Å²) in [4.78, 5) is 19.2. The third kappa shape index (κ3) is 2.92. The Morgan fingerprint density at radius 1 is 1.24 bits per heavy atom. The molecule has 0 amide bonds. The average Bonchev–Trinajstić information content (AvgIpc) is 2.97. The number of anilines is 2. The predicted octanol–water partition coefficient (Wildman–Crippen LogP) is 1.64. The predicted molar refractivity (Wildman–Crippen MR) is 81.3 cm³/mol. The third-order valence-electron chi connectivity index (χ3n) is 4.48. The molecular weight excluding hydrogens is 270 g/mol. The van der Waals surface area contributed by atoms with Gasteiger partial charge in [-0.15, -0.1) is 0 Å². The van der Waals surface area contributed by atoms with Gasteiger partial charge in [0, 0.05) is 25.2 Å². The summed E-state index contributed by atoms with van der Waals surface area (Å²) >= 11 is 0. The molecule has 7 nitrogen and oxygen atoms in total. The van der Waals surface area contributed by atoms with Crippen molar-refractivity contribution in [2.45, 2.75) is 31.7 Å². The summed E-state index contributed by atoms with van der Waals surface area (Å²) in [6.45, 7) is 4.25. The van der Waals surface area contributed by atoms with Crippen LogP contribution in [0.4, 0.5) is 17.3 Å². The maximum Gasteiger partial charge on any atom is 0.311 e. The van der Waals surface area contributed by atoms with E-state index in [1.807, 2.05) is 0 Å². The standard InChI is InChI=1S/C14H21N5O2/c15-14-12(19(20)21)4-5-13(16-14)18-9-6-11(10-18)17-7-2-1-3-8-17/h4-5,11H,1-3,6-10H2,(H2,15,16). The first-order chi connectivity index (χ1) is 10.1. The maximum atomic E-state index is 10.8. The summed E-state index contributed by atoms with van der Waals surface area (Å²) in [6.07, 6.45) is 5.05. The highest BCUT2D eigenvalue weighted by Gasteiger charge is 2.29. The Kier molecular flexibility index (Phi) is 3.92. The number of nitrogens with two attached hydrogens (primary N) is 1. The number of nitrogens with zero attached hydrogens (tertiary/aromatic N) is 4. The van der Waals surface area contributed by atoms with Gasteiger partial charge in [-0.25, -0.2) is 4.98 Å². The number of hydrogen-bond donors (Lipinski definition) is 1. The van der Waals surface area contributed by atoms with Gasteiger partial charge in [-0.2, -0.15) is 0 Å². The molecule has 0 saturated carbocycles. The van der Waals surface area contributed by atoms with Crippen LogP contribution in [0, 0.1) is 10.1 Å². The van der Waals surface area contributed by atoms with Gasteiger partial charge in [0.25, 0.3) is 0 Å². The zero-order valence-electron chi connectivity index (χ0n) is 12.1. The molecule has 114 valence electrons. The third-order valence-corrected chi connectivity index (χ3v) is 4.48. The highest BCUT2D eigenvalue weighted by atomic mass is 16.6. The molecule has 1 aromatic rings. The SMILES string of the molecule is Nc1nc(N2CCC(N3CCCCC3)C2)ccc1[N+](=O)[O-]. The largest absolute Gasteiger partial charge is 0.378 e. The molecule has 0 spiro atoms. The number of likely N-dealkylation sites (tertiary alicyclic amines) is 1. The fourth-order valence-electron chi connectivity index (χ4n) is 3.32. The fourth-order valence-corrected chi connectivity index (χ4v) is 3.32. The van der Waals surface area contributed by atoms with Gasteiger partial charge in [-0.1, -0.05) is 6.42 Å². The lowest BCUT2D eigenvalue weighted by atomic mass is 10.1. The smallest absolute Gasteiger partial charge is 0.311 e. The van der Waals surface area contributed by atoms with E-state index in [1.54, 1.807) is 6.07 Å². The molecule has 0 radical (unpaired) electrons. The molecule has 2 N–H and O–H groups in total. The van der Waals surface area contributed by atoms with E-state index < -0.39 is 4.92 Å². The van der Waals surface area contributed by atoms with Crippen LogP contribution in [0.2, 0.25) is 0 Å². The van der Waals surface area contributed by atoms with Gasteiger partial charge in [0.15, 0.2) is 0 Å². The summed E-state index contributed by atoms with van der Waals surface area (Å²) in [5, 5.41) is 10.8. The van der Waals surface area contributed by atoms with Gasteiger partial charge in [0.05, 0.1) is 4.92 Å². The summed E-state index contributed by atoms with van der Waals surface area (Å²) < 4.78 is 0. The number of aromatic nitrogens is 1. The lowest BCUT2D eigenvalue weighted by Crippen LogP contribution is -2.40. The number of nitro groups is 1. The molecule has 2 fully saturated rings. The van der Waals surface area contributed by atoms with E-state index in [-0.39, 0.29) is 11.5 Å². The molecular formula is C14H21N5O2. The molecule has 7 heteroatoms. The van der Waals surface area contributed by atoms with E-state index in [4.69, 9.17) is 5.73 Å². The Labute approximate surface area is 123 Å². The van der Waals surface area contributed by atoms with Gasteiger partial charge in [-0.05, 0) is 38.4 Å². The van der Waals surface area contributed by atoms with Gasteiger partial charge >= 0.3 is 5.69 Å². The van der Waals surface area contributed by atoms with Crippen LogP contribution < -0.4 is 10.6 Å². The van der Waals surface area contributed by atoms with E-state index in [1.165, 1.54) is 38.4 Å². The van der Waals surface area contributed by atoms with E-state index in [9.17, 15) is 10.1 Å². The molecule has 2 saturated heterocycles. The van der Waals surface area contributed by atoms with Crippen molar-refractivity contribution in [2.75, 3.05) is 36.8 Å². The second-order valence-electron chi connectivity index (χ2n) is 5.82. The van der Waals surface area contributed by atoms with Crippen molar-refractivity contribution in [3.8, 4) is 0 Å². The fraction of sp³-hybridized carbons (Fsp3) is 0.643. The van der Waals surface area contributed by atoms with Gasteiger partial charge in [0.1, 0.15) is 5.82 Å².